The lowest BCUT2D eigenvalue weighted by molar-refractivity contribution is 0.240. The number of benzene rings is 1. The lowest BCUT2D eigenvalue weighted by Crippen LogP contribution is -2.10. The fourth-order valence-corrected chi connectivity index (χ4v) is 4.07. The molecule has 3 rings (SSSR count). The van der Waals surface area contributed by atoms with Crippen LogP contribution in [0.25, 0.3) is 19.5 Å². The van der Waals surface area contributed by atoms with Crippen molar-refractivity contribution < 1.29 is 4.74 Å². The van der Waals surface area contributed by atoms with Crippen molar-refractivity contribution in [3.8, 4) is 5.19 Å². The molecule has 0 fully saturated rings. The van der Waals surface area contributed by atoms with E-state index in [0.29, 0.717) is 5.19 Å². The van der Waals surface area contributed by atoms with Crippen LogP contribution in [-0.2, 0) is 0 Å². The molecule has 1 aromatic carbocycles. The first-order valence-electron chi connectivity index (χ1n) is 5.64. The van der Waals surface area contributed by atoms with Gasteiger partial charge in [0.1, 0.15) is 4.70 Å². The van der Waals surface area contributed by atoms with Crippen molar-refractivity contribution in [1.29, 1.82) is 0 Å². The van der Waals surface area contributed by atoms with Gasteiger partial charge in [0.2, 0.25) is 0 Å². The van der Waals surface area contributed by atoms with Crippen molar-refractivity contribution >= 4 is 42.2 Å². The number of nitrogens with zero attached hydrogens (tertiary/aromatic N) is 1. The molecule has 2 heterocycles. The molecule has 0 saturated heterocycles. The Balaban J connectivity index is 2.33. The van der Waals surface area contributed by atoms with Crippen molar-refractivity contribution in [2.75, 3.05) is 0 Å². The van der Waals surface area contributed by atoms with Crippen LogP contribution in [0.3, 0.4) is 0 Å². The number of ether oxygens (including phenoxy) is 1. The van der Waals surface area contributed by atoms with Crippen LogP contribution in [0.2, 0.25) is 0 Å². The van der Waals surface area contributed by atoms with E-state index < -0.39 is 0 Å². The SMILES string of the molecule is CC(C)Oc1nc(=O)c2sc3ccccc3c2s1. The molecule has 0 bridgehead atoms. The molecule has 0 amide bonds. The Morgan fingerprint density at radius 2 is 1.94 bits per heavy atom. The number of hydrogen-bond donors (Lipinski definition) is 0. The Hall–Kier alpha value is -1.46. The highest BCUT2D eigenvalue weighted by Gasteiger charge is 2.12. The van der Waals surface area contributed by atoms with E-state index in [0.717, 1.165) is 19.5 Å². The summed E-state index contributed by atoms with van der Waals surface area (Å²) in [6, 6.07) is 8.01. The normalized spacial score (nSPS) is 11.5. The summed E-state index contributed by atoms with van der Waals surface area (Å²) in [6.45, 7) is 3.85. The van der Waals surface area contributed by atoms with Gasteiger partial charge in [-0.05, 0) is 19.9 Å². The van der Waals surface area contributed by atoms with Crippen LogP contribution in [0.15, 0.2) is 29.1 Å². The molecule has 5 heteroatoms. The molecule has 0 spiro atoms. The Kier molecular flexibility index (Phi) is 2.80. The highest BCUT2D eigenvalue weighted by Crippen LogP contribution is 2.36. The average molecular weight is 277 g/mol. The second kappa shape index (κ2) is 4.33. The molecule has 0 aliphatic rings. The van der Waals surface area contributed by atoms with Gasteiger partial charge >= 0.3 is 0 Å². The standard InChI is InChI=1S/C13H11NO2S2/c1-7(2)16-13-14-12(15)11-10(18-13)8-5-3-4-6-9(8)17-11/h3-7H,1-2H3. The predicted octanol–water partition coefficient (Wildman–Crippen LogP) is 3.66. The van der Waals surface area contributed by atoms with Crippen LogP contribution in [0.5, 0.6) is 5.19 Å². The topological polar surface area (TPSA) is 39.2 Å². The summed E-state index contributed by atoms with van der Waals surface area (Å²) in [4.78, 5) is 16.0. The highest BCUT2D eigenvalue weighted by atomic mass is 32.1. The minimum atomic E-state index is -0.194. The predicted molar refractivity (Wildman–Crippen MR) is 77.0 cm³/mol. The van der Waals surface area contributed by atoms with E-state index >= 15 is 0 Å². The molecule has 0 radical (unpaired) electrons. The molecule has 0 atom stereocenters. The zero-order valence-corrected chi connectivity index (χ0v) is 11.6. The third kappa shape index (κ3) is 1.89. The first-order valence-corrected chi connectivity index (χ1v) is 7.27. The molecular weight excluding hydrogens is 266 g/mol. The maximum Gasteiger partial charge on any atom is 0.292 e. The van der Waals surface area contributed by atoms with Crippen LogP contribution in [0.4, 0.5) is 0 Å². The van der Waals surface area contributed by atoms with Crippen LogP contribution in [-0.4, -0.2) is 11.1 Å². The van der Waals surface area contributed by atoms with E-state index in [9.17, 15) is 4.79 Å². The number of fused-ring (bicyclic) bond motifs is 3. The van der Waals surface area contributed by atoms with Crippen LogP contribution in [0.1, 0.15) is 13.8 Å². The molecule has 3 nitrogen and oxygen atoms in total. The summed E-state index contributed by atoms with van der Waals surface area (Å²) in [5.41, 5.74) is -0.194. The van der Waals surface area contributed by atoms with Crippen molar-refractivity contribution in [2.45, 2.75) is 20.0 Å². The van der Waals surface area contributed by atoms with Gasteiger partial charge in [-0.25, -0.2) is 0 Å². The Morgan fingerprint density at radius 3 is 2.72 bits per heavy atom. The summed E-state index contributed by atoms with van der Waals surface area (Å²) in [5.74, 6) is 0. The monoisotopic (exact) mass is 277 g/mol. The van der Waals surface area contributed by atoms with Gasteiger partial charge in [-0.2, -0.15) is 4.98 Å². The smallest absolute Gasteiger partial charge is 0.292 e. The Morgan fingerprint density at radius 1 is 1.17 bits per heavy atom. The van der Waals surface area contributed by atoms with E-state index in [1.165, 1.54) is 22.7 Å². The summed E-state index contributed by atoms with van der Waals surface area (Å²) < 4.78 is 8.35. The first kappa shape index (κ1) is 11.6. The highest BCUT2D eigenvalue weighted by molar-refractivity contribution is 7.32. The molecule has 0 aliphatic carbocycles. The summed E-state index contributed by atoms with van der Waals surface area (Å²) in [5, 5.41) is 1.56. The fraction of sp³-hybridized carbons (Fsp3) is 0.231. The van der Waals surface area contributed by atoms with Crippen molar-refractivity contribution in [1.82, 2.24) is 4.98 Å². The van der Waals surface area contributed by atoms with E-state index in [-0.39, 0.29) is 11.7 Å². The average Bonchev–Trinajstić information content (AvgIpc) is 2.68. The fourth-order valence-electron chi connectivity index (χ4n) is 1.76. The van der Waals surface area contributed by atoms with E-state index in [2.05, 4.69) is 4.98 Å². The maximum absolute atomic E-state index is 12.0. The zero-order chi connectivity index (χ0) is 12.7. The molecule has 92 valence electrons. The minimum absolute atomic E-state index is 0.0236. The molecule has 0 N–H and O–H groups in total. The molecule has 0 saturated carbocycles. The lowest BCUT2D eigenvalue weighted by Gasteiger charge is -2.06. The van der Waals surface area contributed by atoms with Gasteiger partial charge in [-0.3, -0.25) is 4.79 Å². The van der Waals surface area contributed by atoms with Gasteiger partial charge in [0, 0.05) is 10.1 Å². The van der Waals surface area contributed by atoms with Crippen molar-refractivity contribution in [3.05, 3.63) is 34.6 Å². The quantitative estimate of drug-likeness (QED) is 0.717. The van der Waals surface area contributed by atoms with Crippen molar-refractivity contribution in [3.63, 3.8) is 0 Å². The molecule has 0 aliphatic heterocycles. The maximum atomic E-state index is 12.0. The molecule has 18 heavy (non-hydrogen) atoms. The molecule has 0 unspecified atom stereocenters. The van der Waals surface area contributed by atoms with Gasteiger partial charge in [-0.15, -0.1) is 11.3 Å². The molecular formula is C13H11NO2S2. The first-order chi connectivity index (χ1) is 8.65. The second-order valence-electron chi connectivity index (χ2n) is 4.21. The number of hydrogen-bond acceptors (Lipinski definition) is 5. The van der Waals surface area contributed by atoms with E-state index in [1.54, 1.807) is 0 Å². The largest absolute Gasteiger partial charge is 0.467 e. The van der Waals surface area contributed by atoms with Crippen LogP contribution < -0.4 is 10.3 Å². The van der Waals surface area contributed by atoms with Crippen LogP contribution in [0, 0.1) is 0 Å². The van der Waals surface area contributed by atoms with Gasteiger partial charge < -0.3 is 4.74 Å². The zero-order valence-electron chi connectivity index (χ0n) is 9.97. The van der Waals surface area contributed by atoms with Crippen molar-refractivity contribution in [2.24, 2.45) is 0 Å². The lowest BCUT2D eigenvalue weighted by atomic mass is 10.2. The van der Waals surface area contributed by atoms with Gasteiger partial charge in [0.15, 0.2) is 0 Å². The van der Waals surface area contributed by atoms with E-state index in [1.807, 2.05) is 38.1 Å². The summed E-state index contributed by atoms with van der Waals surface area (Å²) in [7, 11) is 0. The van der Waals surface area contributed by atoms with Crippen LogP contribution >= 0.6 is 22.7 Å². The third-order valence-electron chi connectivity index (χ3n) is 2.46. The molecule has 3 aromatic rings. The van der Waals surface area contributed by atoms with Gasteiger partial charge in [-0.1, -0.05) is 29.5 Å². The Bertz CT molecular complexity index is 773. The second-order valence-corrected chi connectivity index (χ2v) is 6.22. The van der Waals surface area contributed by atoms with Gasteiger partial charge in [0.05, 0.1) is 10.8 Å². The number of aromatic nitrogens is 1. The summed E-state index contributed by atoms with van der Waals surface area (Å²) >= 11 is 2.94. The number of thiophene rings is 1. The number of rotatable bonds is 2. The summed E-state index contributed by atoms with van der Waals surface area (Å²) in [6.07, 6.45) is 0.0236. The van der Waals surface area contributed by atoms with Gasteiger partial charge in [0.25, 0.3) is 10.8 Å². The minimum Gasteiger partial charge on any atom is -0.467 e. The third-order valence-corrected chi connectivity index (χ3v) is 4.74. The Labute approximate surface area is 112 Å². The van der Waals surface area contributed by atoms with E-state index in [4.69, 9.17) is 4.74 Å². The molecule has 2 aromatic heterocycles.